The van der Waals surface area contributed by atoms with Crippen LogP contribution < -0.4 is 14.8 Å². The number of benzene rings is 1. The van der Waals surface area contributed by atoms with Crippen LogP contribution in [0.2, 0.25) is 0 Å². The number of carbonyl (C=O) groups is 1. The highest BCUT2D eigenvalue weighted by molar-refractivity contribution is 6.04. The molecule has 0 bridgehead atoms. The van der Waals surface area contributed by atoms with E-state index in [1.807, 2.05) is 13.8 Å². The van der Waals surface area contributed by atoms with Gasteiger partial charge in [-0.1, -0.05) is 0 Å². The van der Waals surface area contributed by atoms with Crippen LogP contribution >= 0.6 is 0 Å². The summed E-state index contributed by atoms with van der Waals surface area (Å²) < 4.78 is 16.1. The lowest BCUT2D eigenvalue weighted by Gasteiger charge is -2.13. The van der Waals surface area contributed by atoms with Gasteiger partial charge in [-0.15, -0.1) is 0 Å². The first-order valence-corrected chi connectivity index (χ1v) is 7.54. The molecule has 1 N–H and O–H groups in total. The molecule has 1 amide bonds. The molecule has 1 aliphatic heterocycles. The summed E-state index contributed by atoms with van der Waals surface area (Å²) in [4.78, 5) is 16.7. The number of ether oxygens (including phenoxy) is 3. The maximum absolute atomic E-state index is 12.3. The lowest BCUT2D eigenvalue weighted by atomic mass is 10.2. The molecule has 22 heavy (non-hydrogen) atoms. The molecule has 6 nitrogen and oxygen atoms in total. The van der Waals surface area contributed by atoms with Crippen LogP contribution in [0.4, 0.5) is 0 Å². The van der Waals surface area contributed by atoms with Crippen molar-refractivity contribution in [2.24, 2.45) is 10.9 Å². The lowest BCUT2D eigenvalue weighted by Crippen LogP contribution is -2.34. The van der Waals surface area contributed by atoms with Crippen molar-refractivity contribution in [3.63, 3.8) is 0 Å². The quantitative estimate of drug-likeness (QED) is 0.685. The average Bonchev–Trinajstić information content (AvgIpc) is 3.19. The molecule has 2 aliphatic rings. The van der Waals surface area contributed by atoms with Crippen LogP contribution in [0, 0.1) is 5.92 Å². The van der Waals surface area contributed by atoms with Gasteiger partial charge in [-0.05, 0) is 50.8 Å². The number of hydrogen-bond donors (Lipinski definition) is 1. The van der Waals surface area contributed by atoms with Gasteiger partial charge in [0.15, 0.2) is 11.5 Å². The summed E-state index contributed by atoms with van der Waals surface area (Å²) in [5, 5.41) is 2.73. The Morgan fingerprint density at radius 3 is 2.86 bits per heavy atom. The maximum atomic E-state index is 12.3. The van der Waals surface area contributed by atoms with E-state index in [4.69, 9.17) is 14.2 Å². The molecule has 0 aromatic heterocycles. The fourth-order valence-corrected chi connectivity index (χ4v) is 2.05. The second kappa shape index (κ2) is 6.25. The van der Waals surface area contributed by atoms with Crippen molar-refractivity contribution in [1.29, 1.82) is 0 Å². The fourth-order valence-electron chi connectivity index (χ4n) is 2.05. The molecule has 1 fully saturated rings. The van der Waals surface area contributed by atoms with Gasteiger partial charge < -0.3 is 14.2 Å². The van der Waals surface area contributed by atoms with E-state index in [-0.39, 0.29) is 24.8 Å². The Hall–Kier alpha value is -2.24. The van der Waals surface area contributed by atoms with Crippen LogP contribution in [-0.2, 0) is 4.74 Å². The van der Waals surface area contributed by atoms with Gasteiger partial charge in [0.2, 0.25) is 6.79 Å². The third kappa shape index (κ3) is 3.69. The molecule has 1 saturated carbocycles. The van der Waals surface area contributed by atoms with E-state index in [0.29, 0.717) is 29.5 Å². The molecule has 0 atom stereocenters. The number of fused-ring (bicyclic) bond motifs is 1. The maximum Gasteiger partial charge on any atom is 0.291 e. The molecule has 1 heterocycles. The van der Waals surface area contributed by atoms with Crippen molar-refractivity contribution in [3.8, 4) is 11.5 Å². The Bertz CT molecular complexity index is 594. The van der Waals surface area contributed by atoms with Crippen molar-refractivity contribution < 1.29 is 19.0 Å². The van der Waals surface area contributed by atoms with E-state index in [1.54, 1.807) is 18.2 Å². The molecule has 0 radical (unpaired) electrons. The predicted molar refractivity (Wildman–Crippen MR) is 81.3 cm³/mol. The van der Waals surface area contributed by atoms with E-state index < -0.39 is 0 Å². The highest BCUT2D eigenvalue weighted by Gasteiger charge is 2.22. The third-order valence-electron chi connectivity index (χ3n) is 3.39. The van der Waals surface area contributed by atoms with Crippen molar-refractivity contribution in [2.75, 3.05) is 13.3 Å². The summed E-state index contributed by atoms with van der Waals surface area (Å²) in [5.74, 6) is 1.59. The summed E-state index contributed by atoms with van der Waals surface area (Å²) in [6, 6.07) is 5.36. The molecule has 1 aromatic carbocycles. The number of rotatable bonds is 4. The monoisotopic (exact) mass is 304 g/mol. The van der Waals surface area contributed by atoms with Gasteiger partial charge in [0.05, 0.1) is 6.10 Å². The lowest BCUT2D eigenvalue weighted by molar-refractivity contribution is 0.0959. The predicted octanol–water partition coefficient (Wildman–Crippen LogP) is 2.34. The van der Waals surface area contributed by atoms with E-state index in [2.05, 4.69) is 10.3 Å². The first-order valence-electron chi connectivity index (χ1n) is 7.54. The molecule has 118 valence electrons. The second-order valence-electron chi connectivity index (χ2n) is 5.78. The zero-order chi connectivity index (χ0) is 15.5. The largest absolute Gasteiger partial charge is 0.462 e. The zero-order valence-electron chi connectivity index (χ0n) is 12.8. The van der Waals surface area contributed by atoms with Crippen LogP contribution in [0.15, 0.2) is 23.2 Å². The molecule has 1 aromatic rings. The Balaban J connectivity index is 1.68. The van der Waals surface area contributed by atoms with Gasteiger partial charge in [0, 0.05) is 12.1 Å². The van der Waals surface area contributed by atoms with Crippen molar-refractivity contribution >= 4 is 11.9 Å². The van der Waals surface area contributed by atoms with Crippen molar-refractivity contribution in [1.82, 2.24) is 5.32 Å². The number of nitrogens with zero attached hydrogens (tertiary/aromatic N) is 1. The van der Waals surface area contributed by atoms with Gasteiger partial charge in [-0.2, -0.15) is 0 Å². The smallest absolute Gasteiger partial charge is 0.291 e. The number of hydrogen-bond acceptors (Lipinski definition) is 5. The molecular formula is C16H20N2O4. The Morgan fingerprint density at radius 2 is 2.14 bits per heavy atom. The standard InChI is InChI=1S/C16H20N2O4/c1-10(2)22-16(17-8-11-3-4-11)18-15(19)12-5-6-13-14(7-12)21-9-20-13/h5-7,10-11H,3-4,8-9H2,1-2H3,(H,17,18,19). The van der Waals surface area contributed by atoms with Crippen LogP contribution in [0.3, 0.4) is 0 Å². The minimum absolute atomic E-state index is 0.0463. The molecule has 0 saturated heterocycles. The minimum Gasteiger partial charge on any atom is -0.462 e. The van der Waals surface area contributed by atoms with Crippen LogP contribution in [0.1, 0.15) is 37.0 Å². The normalized spacial score (nSPS) is 16.8. The zero-order valence-corrected chi connectivity index (χ0v) is 12.8. The molecule has 6 heteroatoms. The van der Waals surface area contributed by atoms with E-state index in [1.165, 1.54) is 12.8 Å². The average molecular weight is 304 g/mol. The third-order valence-corrected chi connectivity index (χ3v) is 3.39. The SMILES string of the molecule is CC(C)OC(=NCC1CC1)NC(=O)c1ccc2c(c1)OCO2. The topological polar surface area (TPSA) is 69.2 Å². The fraction of sp³-hybridized carbons (Fsp3) is 0.500. The highest BCUT2D eigenvalue weighted by atomic mass is 16.7. The number of aliphatic imine (C=N–C) groups is 1. The summed E-state index contributed by atoms with van der Waals surface area (Å²) in [7, 11) is 0. The van der Waals surface area contributed by atoms with Crippen LogP contribution in [0.25, 0.3) is 0 Å². The molecule has 0 spiro atoms. The van der Waals surface area contributed by atoms with Gasteiger partial charge in [-0.25, -0.2) is 4.99 Å². The number of nitrogens with one attached hydrogen (secondary N) is 1. The number of carbonyl (C=O) groups excluding carboxylic acids is 1. The van der Waals surface area contributed by atoms with Gasteiger partial charge in [0.25, 0.3) is 11.9 Å². The number of amidine groups is 1. The number of amides is 1. The Kier molecular flexibility index (Phi) is 4.18. The Morgan fingerprint density at radius 1 is 1.36 bits per heavy atom. The van der Waals surface area contributed by atoms with Crippen molar-refractivity contribution in [3.05, 3.63) is 23.8 Å². The molecule has 0 unspecified atom stereocenters. The van der Waals surface area contributed by atoms with Gasteiger partial charge >= 0.3 is 0 Å². The molecule has 1 aliphatic carbocycles. The van der Waals surface area contributed by atoms with E-state index >= 15 is 0 Å². The van der Waals surface area contributed by atoms with Crippen LogP contribution in [0.5, 0.6) is 11.5 Å². The summed E-state index contributed by atoms with van der Waals surface area (Å²) in [6.45, 7) is 4.69. The van der Waals surface area contributed by atoms with Crippen molar-refractivity contribution in [2.45, 2.75) is 32.8 Å². The highest BCUT2D eigenvalue weighted by Crippen LogP contribution is 2.32. The van der Waals surface area contributed by atoms with E-state index in [0.717, 1.165) is 0 Å². The van der Waals surface area contributed by atoms with Gasteiger partial charge in [-0.3, -0.25) is 10.1 Å². The van der Waals surface area contributed by atoms with Crippen LogP contribution in [-0.4, -0.2) is 31.4 Å². The van der Waals surface area contributed by atoms with Gasteiger partial charge in [0.1, 0.15) is 0 Å². The second-order valence-corrected chi connectivity index (χ2v) is 5.78. The molecular weight excluding hydrogens is 284 g/mol. The summed E-state index contributed by atoms with van der Waals surface area (Å²) in [5.41, 5.74) is 0.482. The van der Waals surface area contributed by atoms with E-state index in [9.17, 15) is 4.79 Å². The minimum atomic E-state index is -0.270. The first-order chi connectivity index (χ1) is 10.6. The first kappa shape index (κ1) is 14.7. The summed E-state index contributed by atoms with van der Waals surface area (Å²) >= 11 is 0. The Labute approximate surface area is 129 Å². The summed E-state index contributed by atoms with van der Waals surface area (Å²) in [6.07, 6.45) is 2.36. The molecule has 3 rings (SSSR count).